The zero-order valence-electron chi connectivity index (χ0n) is 24.8. The SMILES string of the molecule is COC(=O)CCCCCOCCOCCOCCCCCCOc1cccc([C@H](C)NC(=O)OC(C)(C)C)c1. The summed E-state index contributed by atoms with van der Waals surface area (Å²) in [4.78, 5) is 23.0. The summed E-state index contributed by atoms with van der Waals surface area (Å²) in [5.41, 5.74) is 0.443. The van der Waals surface area contributed by atoms with E-state index in [9.17, 15) is 9.59 Å². The van der Waals surface area contributed by atoms with Crippen molar-refractivity contribution in [3.05, 3.63) is 29.8 Å². The van der Waals surface area contributed by atoms with Crippen LogP contribution in [0.15, 0.2) is 24.3 Å². The maximum absolute atomic E-state index is 12.0. The molecular weight excluding hydrogens is 502 g/mol. The van der Waals surface area contributed by atoms with Gasteiger partial charge < -0.3 is 33.7 Å². The van der Waals surface area contributed by atoms with Crippen LogP contribution in [0.4, 0.5) is 4.79 Å². The molecule has 39 heavy (non-hydrogen) atoms. The molecule has 0 unspecified atom stereocenters. The Morgan fingerprint density at radius 3 is 1.95 bits per heavy atom. The molecule has 1 aromatic rings. The Bertz CT molecular complexity index is 780. The molecule has 0 aliphatic heterocycles. The quantitative estimate of drug-likeness (QED) is 0.138. The summed E-state index contributed by atoms with van der Waals surface area (Å²) < 4.78 is 32.5. The van der Waals surface area contributed by atoms with Crippen LogP contribution in [-0.2, 0) is 28.5 Å². The number of ether oxygens (including phenoxy) is 6. The Labute approximate surface area is 235 Å². The molecule has 0 saturated heterocycles. The van der Waals surface area contributed by atoms with Crippen molar-refractivity contribution in [1.82, 2.24) is 5.32 Å². The first kappa shape index (κ1) is 34.7. The predicted octanol–water partition coefficient (Wildman–Crippen LogP) is 5.99. The van der Waals surface area contributed by atoms with E-state index in [1.54, 1.807) is 0 Å². The monoisotopic (exact) mass is 553 g/mol. The Morgan fingerprint density at radius 2 is 1.36 bits per heavy atom. The number of alkyl carbamates (subject to hydrolysis) is 1. The molecule has 0 aromatic heterocycles. The lowest BCUT2D eigenvalue weighted by Crippen LogP contribution is -2.34. The Hall–Kier alpha value is -2.36. The van der Waals surface area contributed by atoms with Gasteiger partial charge in [-0.15, -0.1) is 0 Å². The number of carbonyl (C=O) groups excluding carboxylic acids is 2. The number of esters is 1. The van der Waals surface area contributed by atoms with E-state index in [1.165, 1.54) is 7.11 Å². The summed E-state index contributed by atoms with van der Waals surface area (Å²) in [6.45, 7) is 11.8. The first-order valence-corrected chi connectivity index (χ1v) is 14.2. The van der Waals surface area contributed by atoms with Crippen molar-refractivity contribution in [3.8, 4) is 5.75 Å². The fourth-order valence-electron chi connectivity index (χ4n) is 3.59. The van der Waals surface area contributed by atoms with Gasteiger partial charge in [0.15, 0.2) is 0 Å². The van der Waals surface area contributed by atoms with Crippen molar-refractivity contribution < 1.29 is 38.0 Å². The molecule has 0 aliphatic carbocycles. The number of rotatable bonds is 22. The van der Waals surface area contributed by atoms with Crippen molar-refractivity contribution in [1.29, 1.82) is 0 Å². The minimum absolute atomic E-state index is 0.155. The van der Waals surface area contributed by atoms with Crippen LogP contribution >= 0.6 is 0 Å². The van der Waals surface area contributed by atoms with E-state index in [0.29, 0.717) is 46.1 Å². The van der Waals surface area contributed by atoms with Gasteiger partial charge in [-0.2, -0.15) is 0 Å². The molecule has 1 amide bonds. The molecule has 0 spiro atoms. The van der Waals surface area contributed by atoms with Gasteiger partial charge in [0.25, 0.3) is 0 Å². The lowest BCUT2D eigenvalue weighted by Gasteiger charge is -2.22. The van der Waals surface area contributed by atoms with Crippen LogP contribution in [-0.4, -0.2) is 71.0 Å². The molecule has 0 heterocycles. The smallest absolute Gasteiger partial charge is 0.408 e. The summed E-state index contributed by atoms with van der Waals surface area (Å²) >= 11 is 0. The van der Waals surface area contributed by atoms with Crippen LogP contribution in [0.2, 0.25) is 0 Å². The number of hydrogen-bond donors (Lipinski definition) is 1. The predicted molar refractivity (Wildman–Crippen MR) is 151 cm³/mol. The lowest BCUT2D eigenvalue weighted by atomic mass is 10.1. The fraction of sp³-hybridized carbons (Fsp3) is 0.733. The van der Waals surface area contributed by atoms with Gasteiger partial charge in [-0.1, -0.05) is 25.0 Å². The highest BCUT2D eigenvalue weighted by atomic mass is 16.6. The second-order valence-electron chi connectivity index (χ2n) is 10.4. The number of carbonyl (C=O) groups is 2. The van der Waals surface area contributed by atoms with Gasteiger partial charge in [0.1, 0.15) is 11.4 Å². The van der Waals surface area contributed by atoms with Crippen molar-refractivity contribution in [2.24, 2.45) is 0 Å². The van der Waals surface area contributed by atoms with Gasteiger partial charge in [0.05, 0.1) is 46.2 Å². The number of methoxy groups -OCH3 is 1. The number of nitrogens with one attached hydrogen (secondary N) is 1. The minimum atomic E-state index is -0.526. The second kappa shape index (κ2) is 21.5. The fourth-order valence-corrected chi connectivity index (χ4v) is 3.59. The summed E-state index contributed by atoms with van der Waals surface area (Å²) in [6.07, 6.45) is 6.94. The van der Waals surface area contributed by atoms with Crippen LogP contribution in [0.5, 0.6) is 5.75 Å². The molecule has 0 bridgehead atoms. The lowest BCUT2D eigenvalue weighted by molar-refractivity contribution is -0.140. The Balaban J connectivity index is 1.94. The van der Waals surface area contributed by atoms with E-state index in [1.807, 2.05) is 52.0 Å². The van der Waals surface area contributed by atoms with E-state index < -0.39 is 11.7 Å². The van der Waals surface area contributed by atoms with Crippen molar-refractivity contribution in [2.75, 3.05) is 53.4 Å². The number of unbranched alkanes of at least 4 members (excludes halogenated alkanes) is 5. The molecule has 9 heteroatoms. The maximum Gasteiger partial charge on any atom is 0.408 e. The molecule has 0 fully saturated rings. The van der Waals surface area contributed by atoms with Gasteiger partial charge in [0, 0.05) is 19.6 Å². The molecule has 1 rings (SSSR count). The highest BCUT2D eigenvalue weighted by Gasteiger charge is 2.18. The third kappa shape index (κ3) is 20.2. The van der Waals surface area contributed by atoms with Crippen molar-refractivity contribution >= 4 is 12.1 Å². The van der Waals surface area contributed by atoms with Gasteiger partial charge in [-0.25, -0.2) is 4.79 Å². The van der Waals surface area contributed by atoms with Gasteiger partial charge >= 0.3 is 12.1 Å². The van der Waals surface area contributed by atoms with E-state index >= 15 is 0 Å². The molecule has 224 valence electrons. The van der Waals surface area contributed by atoms with Crippen molar-refractivity contribution in [3.63, 3.8) is 0 Å². The first-order valence-electron chi connectivity index (χ1n) is 14.2. The van der Waals surface area contributed by atoms with Crippen molar-refractivity contribution in [2.45, 2.75) is 90.7 Å². The topological polar surface area (TPSA) is 102 Å². The van der Waals surface area contributed by atoms with Crippen LogP contribution in [0.25, 0.3) is 0 Å². The average Bonchev–Trinajstić information content (AvgIpc) is 2.88. The van der Waals surface area contributed by atoms with E-state index in [-0.39, 0.29) is 12.0 Å². The molecule has 0 radical (unpaired) electrons. The molecule has 0 saturated carbocycles. The third-order valence-corrected chi connectivity index (χ3v) is 5.68. The normalized spacial score (nSPS) is 12.1. The summed E-state index contributed by atoms with van der Waals surface area (Å²) in [7, 11) is 1.41. The second-order valence-corrected chi connectivity index (χ2v) is 10.4. The third-order valence-electron chi connectivity index (χ3n) is 5.68. The maximum atomic E-state index is 12.0. The molecule has 1 atom stereocenters. The summed E-state index contributed by atoms with van der Waals surface area (Å²) in [6, 6.07) is 7.61. The van der Waals surface area contributed by atoms with Crippen LogP contribution in [0.3, 0.4) is 0 Å². The number of hydrogen-bond acceptors (Lipinski definition) is 8. The van der Waals surface area contributed by atoms with Gasteiger partial charge in [0.2, 0.25) is 0 Å². The van der Waals surface area contributed by atoms with Gasteiger partial charge in [-0.3, -0.25) is 4.79 Å². The standard InChI is InChI=1S/C30H51NO8/c1-25(31-29(33)39-30(2,3)4)26-14-13-15-27(24-26)38-19-12-7-6-10-17-35-20-22-37-23-21-36-18-11-8-9-16-28(32)34-5/h13-15,24-25H,6-12,16-23H2,1-5H3,(H,31,33)/t25-/m0/s1. The molecule has 0 aliphatic rings. The number of benzene rings is 1. The van der Waals surface area contributed by atoms with E-state index in [4.69, 9.17) is 23.7 Å². The zero-order chi connectivity index (χ0) is 28.8. The first-order chi connectivity index (χ1) is 18.7. The highest BCUT2D eigenvalue weighted by molar-refractivity contribution is 5.69. The van der Waals surface area contributed by atoms with Gasteiger partial charge in [-0.05, 0) is 77.5 Å². The molecule has 1 N–H and O–H groups in total. The van der Waals surface area contributed by atoms with E-state index in [2.05, 4.69) is 10.1 Å². The van der Waals surface area contributed by atoms with Crippen LogP contribution in [0.1, 0.15) is 90.7 Å². The Kier molecular flexibility index (Phi) is 19.1. The summed E-state index contributed by atoms with van der Waals surface area (Å²) in [5, 5.41) is 2.86. The number of amides is 1. The summed E-state index contributed by atoms with van der Waals surface area (Å²) in [5.74, 6) is 0.646. The molecule has 1 aromatic carbocycles. The Morgan fingerprint density at radius 1 is 0.795 bits per heavy atom. The minimum Gasteiger partial charge on any atom is -0.494 e. The van der Waals surface area contributed by atoms with E-state index in [0.717, 1.165) is 62.9 Å². The zero-order valence-corrected chi connectivity index (χ0v) is 24.8. The van der Waals surface area contributed by atoms with Crippen LogP contribution < -0.4 is 10.1 Å². The molecular formula is C30H51NO8. The average molecular weight is 554 g/mol. The highest BCUT2D eigenvalue weighted by Crippen LogP contribution is 2.20. The largest absolute Gasteiger partial charge is 0.494 e. The van der Waals surface area contributed by atoms with Crippen LogP contribution in [0, 0.1) is 0 Å². The molecule has 9 nitrogen and oxygen atoms in total.